The van der Waals surface area contributed by atoms with Gasteiger partial charge in [0, 0.05) is 16.6 Å². The molecule has 0 fully saturated rings. The van der Waals surface area contributed by atoms with Crippen molar-refractivity contribution in [3.63, 3.8) is 0 Å². The Hall–Kier alpha value is -2.27. The van der Waals surface area contributed by atoms with Gasteiger partial charge in [0.25, 0.3) is 0 Å². The summed E-state index contributed by atoms with van der Waals surface area (Å²) in [6.07, 6.45) is 2.78. The second-order valence-corrected chi connectivity index (χ2v) is 7.72. The third-order valence-corrected chi connectivity index (χ3v) is 5.55. The van der Waals surface area contributed by atoms with E-state index in [0.29, 0.717) is 6.42 Å². The van der Waals surface area contributed by atoms with Crippen LogP contribution in [0.15, 0.2) is 42.5 Å². The van der Waals surface area contributed by atoms with Gasteiger partial charge in [0.2, 0.25) is 10.0 Å². The summed E-state index contributed by atoms with van der Waals surface area (Å²) < 4.78 is 31.5. The lowest BCUT2D eigenvalue weighted by molar-refractivity contribution is 0.414. The van der Waals surface area contributed by atoms with Crippen LogP contribution in [0.2, 0.25) is 0 Å². The summed E-state index contributed by atoms with van der Waals surface area (Å²) in [6.45, 7) is 0. The second-order valence-electron chi connectivity index (χ2n) is 5.89. The summed E-state index contributed by atoms with van der Waals surface area (Å²) >= 11 is 0. The molecule has 1 aromatic heterocycles. The van der Waals surface area contributed by atoms with Crippen molar-refractivity contribution in [2.24, 2.45) is 0 Å². The number of benzene rings is 2. The summed E-state index contributed by atoms with van der Waals surface area (Å²) in [6, 6.07) is 13.7. The lowest BCUT2D eigenvalue weighted by atomic mass is 9.88. The number of hydrogen-bond donors (Lipinski definition) is 0. The quantitative estimate of drug-likeness (QED) is 0.726. The van der Waals surface area contributed by atoms with Gasteiger partial charge in [-0.3, -0.25) is 0 Å². The van der Waals surface area contributed by atoms with E-state index in [1.807, 2.05) is 42.5 Å². The van der Waals surface area contributed by atoms with Crippen molar-refractivity contribution in [1.82, 2.24) is 3.97 Å². The van der Waals surface area contributed by atoms with Crippen molar-refractivity contribution in [2.75, 3.05) is 13.4 Å². The predicted octanol–water partition coefficient (Wildman–Crippen LogP) is 3.22. The fourth-order valence-corrected chi connectivity index (χ4v) is 4.67. The molecule has 4 nitrogen and oxygen atoms in total. The van der Waals surface area contributed by atoms with Gasteiger partial charge in [-0.15, -0.1) is 0 Å². The molecule has 3 aromatic rings. The minimum Gasteiger partial charge on any atom is -0.497 e. The molecule has 0 spiro atoms. The van der Waals surface area contributed by atoms with Gasteiger partial charge in [-0.05, 0) is 42.2 Å². The van der Waals surface area contributed by atoms with Crippen molar-refractivity contribution in [2.45, 2.75) is 12.8 Å². The molecule has 1 aliphatic carbocycles. The molecule has 0 saturated heterocycles. The number of aromatic nitrogens is 1. The van der Waals surface area contributed by atoms with Gasteiger partial charge in [0.1, 0.15) is 5.75 Å². The van der Waals surface area contributed by atoms with Gasteiger partial charge in [-0.2, -0.15) is 0 Å². The normalized spacial score (nSPS) is 13.7. The van der Waals surface area contributed by atoms with Gasteiger partial charge in [-0.25, -0.2) is 12.4 Å². The van der Waals surface area contributed by atoms with E-state index in [4.69, 9.17) is 4.74 Å². The molecule has 23 heavy (non-hydrogen) atoms. The molecule has 1 aliphatic rings. The fourth-order valence-electron chi connectivity index (χ4n) is 3.57. The molecule has 0 bridgehead atoms. The maximum Gasteiger partial charge on any atom is 0.236 e. The molecule has 0 radical (unpaired) electrons. The van der Waals surface area contributed by atoms with Crippen molar-refractivity contribution in [1.29, 1.82) is 0 Å². The van der Waals surface area contributed by atoms with Crippen LogP contribution in [0.3, 0.4) is 0 Å². The van der Waals surface area contributed by atoms with E-state index < -0.39 is 10.0 Å². The predicted molar refractivity (Wildman–Crippen MR) is 91.6 cm³/mol. The number of rotatable bonds is 2. The number of hydrogen-bond acceptors (Lipinski definition) is 3. The van der Waals surface area contributed by atoms with Gasteiger partial charge in [0.05, 0.1) is 18.9 Å². The molecule has 0 atom stereocenters. The summed E-state index contributed by atoms with van der Waals surface area (Å²) in [4.78, 5) is 0. The number of para-hydroxylation sites is 1. The van der Waals surface area contributed by atoms with Crippen LogP contribution in [-0.4, -0.2) is 25.8 Å². The van der Waals surface area contributed by atoms with E-state index in [-0.39, 0.29) is 0 Å². The first-order valence-corrected chi connectivity index (χ1v) is 9.35. The first kappa shape index (κ1) is 14.3. The van der Waals surface area contributed by atoms with E-state index >= 15 is 0 Å². The highest BCUT2D eigenvalue weighted by atomic mass is 32.2. The Morgan fingerprint density at radius 1 is 1.09 bits per heavy atom. The van der Waals surface area contributed by atoms with E-state index in [2.05, 4.69) is 0 Å². The number of methoxy groups -OCH3 is 1. The highest BCUT2D eigenvalue weighted by Gasteiger charge is 2.27. The van der Waals surface area contributed by atoms with Crippen LogP contribution in [0.4, 0.5) is 0 Å². The maximum absolute atomic E-state index is 12.3. The zero-order valence-corrected chi connectivity index (χ0v) is 13.9. The van der Waals surface area contributed by atoms with Gasteiger partial charge >= 0.3 is 0 Å². The summed E-state index contributed by atoms with van der Waals surface area (Å²) in [5, 5.41) is 0.985. The van der Waals surface area contributed by atoms with Crippen molar-refractivity contribution in [3.8, 4) is 16.9 Å². The summed E-state index contributed by atoms with van der Waals surface area (Å²) in [7, 11) is -1.69. The zero-order chi connectivity index (χ0) is 16.2. The molecule has 0 saturated carbocycles. The topological polar surface area (TPSA) is 48.3 Å². The maximum atomic E-state index is 12.3. The largest absolute Gasteiger partial charge is 0.497 e. The molecular formula is C18H17NO3S. The molecule has 0 aliphatic heterocycles. The number of ether oxygens (including phenoxy) is 1. The third-order valence-electron chi connectivity index (χ3n) is 4.47. The average molecular weight is 327 g/mol. The van der Waals surface area contributed by atoms with Crippen molar-refractivity contribution in [3.05, 3.63) is 53.7 Å². The second kappa shape index (κ2) is 4.86. The smallest absolute Gasteiger partial charge is 0.236 e. The minimum atomic E-state index is -3.35. The molecule has 2 aromatic carbocycles. The van der Waals surface area contributed by atoms with Crippen LogP contribution < -0.4 is 4.74 Å². The summed E-state index contributed by atoms with van der Waals surface area (Å²) in [5.41, 5.74) is 4.98. The van der Waals surface area contributed by atoms with Crippen LogP contribution in [-0.2, 0) is 22.9 Å². The van der Waals surface area contributed by atoms with Crippen molar-refractivity contribution < 1.29 is 13.2 Å². The standard InChI is InChI=1S/C18H17NO3S/c1-22-13-8-9-14-12(11-13)7-10-17-18(14)15-5-3-4-6-16(15)19(17)23(2,20)21/h3-6,8-9,11H,7,10H2,1-2H3. The number of fused-ring (bicyclic) bond motifs is 5. The van der Waals surface area contributed by atoms with E-state index in [0.717, 1.165) is 39.9 Å². The highest BCUT2D eigenvalue weighted by molar-refractivity contribution is 7.89. The lowest BCUT2D eigenvalue weighted by Gasteiger charge is -2.19. The van der Waals surface area contributed by atoms with Crippen LogP contribution >= 0.6 is 0 Å². The molecular weight excluding hydrogens is 310 g/mol. The molecule has 0 amide bonds. The first-order chi connectivity index (χ1) is 11.0. The Labute approximate surface area is 135 Å². The molecule has 118 valence electrons. The Kier molecular flexibility index (Phi) is 3.03. The number of nitrogens with zero attached hydrogens (tertiary/aromatic N) is 1. The monoisotopic (exact) mass is 327 g/mol. The zero-order valence-electron chi connectivity index (χ0n) is 13.0. The van der Waals surface area contributed by atoms with Gasteiger partial charge < -0.3 is 4.74 Å². The Bertz CT molecular complexity index is 1030. The van der Waals surface area contributed by atoms with Crippen LogP contribution in [0, 0.1) is 0 Å². The third kappa shape index (κ3) is 2.07. The Balaban J connectivity index is 2.12. The average Bonchev–Trinajstić information content (AvgIpc) is 2.89. The van der Waals surface area contributed by atoms with Crippen LogP contribution in [0.5, 0.6) is 5.75 Å². The molecule has 1 heterocycles. The fraction of sp³-hybridized carbons (Fsp3) is 0.222. The van der Waals surface area contributed by atoms with Crippen molar-refractivity contribution >= 4 is 20.9 Å². The Morgan fingerprint density at radius 2 is 1.87 bits per heavy atom. The van der Waals surface area contributed by atoms with E-state index in [9.17, 15) is 8.42 Å². The summed E-state index contributed by atoms with van der Waals surface area (Å²) in [5.74, 6) is 0.832. The van der Waals surface area contributed by atoms with E-state index in [1.54, 1.807) is 7.11 Å². The van der Waals surface area contributed by atoms with Crippen LogP contribution in [0.1, 0.15) is 11.3 Å². The Morgan fingerprint density at radius 3 is 2.61 bits per heavy atom. The molecule has 0 unspecified atom stereocenters. The molecule has 5 heteroatoms. The SMILES string of the molecule is COc1ccc2c(c1)CCc1c-2c2ccccc2n1S(C)(=O)=O. The molecule has 0 N–H and O–H groups in total. The molecule has 4 rings (SSSR count). The van der Waals surface area contributed by atoms with E-state index in [1.165, 1.54) is 15.8 Å². The van der Waals surface area contributed by atoms with Crippen LogP contribution in [0.25, 0.3) is 22.0 Å². The first-order valence-electron chi connectivity index (χ1n) is 7.51. The minimum absolute atomic E-state index is 0.706. The van der Waals surface area contributed by atoms with Gasteiger partial charge in [-0.1, -0.05) is 24.3 Å². The van der Waals surface area contributed by atoms with Gasteiger partial charge in [0.15, 0.2) is 0 Å². The number of aryl methyl sites for hydroxylation is 1. The highest BCUT2D eigenvalue weighted by Crippen LogP contribution is 2.42. The lowest BCUT2D eigenvalue weighted by Crippen LogP contribution is -2.16.